The van der Waals surface area contributed by atoms with E-state index in [2.05, 4.69) is 0 Å². The predicted octanol–water partition coefficient (Wildman–Crippen LogP) is 4.06. The molecule has 1 aliphatic carbocycles. The van der Waals surface area contributed by atoms with Crippen molar-refractivity contribution >= 4 is 12.4 Å². The maximum atomic E-state index is 12.1. The van der Waals surface area contributed by atoms with E-state index in [4.69, 9.17) is 4.74 Å². The highest BCUT2D eigenvalue weighted by Crippen LogP contribution is 2.53. The van der Waals surface area contributed by atoms with Gasteiger partial charge >= 0.3 is 6.09 Å². The fourth-order valence-corrected chi connectivity index (χ4v) is 4.72. The monoisotopic (exact) mass is 325 g/mol. The van der Waals surface area contributed by atoms with Crippen molar-refractivity contribution in [2.24, 2.45) is 11.3 Å². The van der Waals surface area contributed by atoms with Gasteiger partial charge in [-0.1, -0.05) is 52.9 Å². The number of amides is 1. The summed E-state index contributed by atoms with van der Waals surface area (Å²) in [7, 11) is 0. The highest BCUT2D eigenvalue weighted by Gasteiger charge is 2.65. The maximum absolute atomic E-state index is 12.1. The summed E-state index contributed by atoms with van der Waals surface area (Å²) in [6.07, 6.45) is 5.60. The third kappa shape index (κ3) is 3.00. The molecule has 1 saturated carbocycles. The Labute approximate surface area is 139 Å². The van der Waals surface area contributed by atoms with Crippen LogP contribution >= 0.6 is 0 Å². The molecule has 2 atom stereocenters. The first kappa shape index (κ1) is 18.2. The summed E-state index contributed by atoms with van der Waals surface area (Å²) in [6.45, 7) is 9.55. The van der Waals surface area contributed by atoms with Crippen LogP contribution in [0.15, 0.2) is 0 Å². The van der Waals surface area contributed by atoms with Crippen LogP contribution in [0.4, 0.5) is 4.79 Å². The summed E-state index contributed by atoms with van der Waals surface area (Å²) < 4.78 is 5.93. The molecule has 2 fully saturated rings. The quantitative estimate of drug-likeness (QED) is 0.795. The molecule has 0 aromatic heterocycles. The molecular weight excluding hydrogens is 294 g/mol. The van der Waals surface area contributed by atoms with E-state index in [9.17, 15) is 14.7 Å². The van der Waals surface area contributed by atoms with E-state index in [0.717, 1.165) is 19.1 Å². The van der Waals surface area contributed by atoms with Crippen LogP contribution in [-0.4, -0.2) is 39.8 Å². The van der Waals surface area contributed by atoms with Crippen LogP contribution in [0.3, 0.4) is 0 Å². The fourth-order valence-electron chi connectivity index (χ4n) is 4.72. The molecule has 1 heterocycles. The van der Waals surface area contributed by atoms with E-state index < -0.39 is 28.9 Å². The first-order valence-corrected chi connectivity index (χ1v) is 8.72. The number of aldehydes is 1. The van der Waals surface area contributed by atoms with Gasteiger partial charge in [-0.3, -0.25) is 4.90 Å². The zero-order chi connectivity index (χ0) is 17.5. The van der Waals surface area contributed by atoms with E-state index in [-0.39, 0.29) is 0 Å². The van der Waals surface area contributed by atoms with Gasteiger partial charge in [0.1, 0.15) is 11.8 Å². The Morgan fingerprint density at radius 2 is 1.83 bits per heavy atom. The van der Waals surface area contributed by atoms with Crippen molar-refractivity contribution in [3.05, 3.63) is 0 Å². The van der Waals surface area contributed by atoms with Crippen molar-refractivity contribution in [1.82, 2.24) is 4.90 Å². The van der Waals surface area contributed by atoms with Crippen LogP contribution in [0, 0.1) is 11.3 Å². The Bertz CT molecular complexity index is 462. The molecule has 0 aromatic rings. The predicted molar refractivity (Wildman–Crippen MR) is 88.3 cm³/mol. The molecule has 0 radical (unpaired) electrons. The number of ether oxygens (including phenoxy) is 1. The largest absolute Gasteiger partial charge is 0.465 e. The minimum atomic E-state index is -1.01. The summed E-state index contributed by atoms with van der Waals surface area (Å²) in [6, 6.07) is 0. The molecule has 0 aromatic carbocycles. The van der Waals surface area contributed by atoms with Gasteiger partial charge in [0.05, 0.1) is 5.54 Å². The van der Waals surface area contributed by atoms with Crippen molar-refractivity contribution in [3.8, 4) is 0 Å². The van der Waals surface area contributed by atoms with Gasteiger partial charge < -0.3 is 14.6 Å². The molecule has 2 aliphatic rings. The smallest absolute Gasteiger partial charge is 0.410 e. The highest BCUT2D eigenvalue weighted by atomic mass is 16.6. The number of nitrogens with zero attached hydrogens (tertiary/aromatic N) is 1. The van der Waals surface area contributed by atoms with E-state index in [1.165, 1.54) is 24.2 Å². The van der Waals surface area contributed by atoms with Gasteiger partial charge in [-0.2, -0.15) is 0 Å². The second-order valence-corrected chi connectivity index (χ2v) is 8.62. The summed E-state index contributed by atoms with van der Waals surface area (Å²) >= 11 is 0. The van der Waals surface area contributed by atoms with Crippen LogP contribution in [0.2, 0.25) is 0 Å². The second-order valence-electron chi connectivity index (χ2n) is 8.62. The third-order valence-electron chi connectivity index (χ3n) is 5.76. The van der Waals surface area contributed by atoms with Gasteiger partial charge in [0.25, 0.3) is 0 Å². The van der Waals surface area contributed by atoms with Crippen molar-refractivity contribution in [2.45, 2.75) is 90.5 Å². The normalized spacial score (nSPS) is 32.0. The van der Waals surface area contributed by atoms with Crippen LogP contribution in [0.1, 0.15) is 73.1 Å². The minimum absolute atomic E-state index is 0.401. The van der Waals surface area contributed by atoms with Gasteiger partial charge in [0, 0.05) is 0 Å². The Morgan fingerprint density at radius 3 is 2.26 bits per heavy atom. The summed E-state index contributed by atoms with van der Waals surface area (Å²) in [4.78, 5) is 25.4. The van der Waals surface area contributed by atoms with Crippen molar-refractivity contribution < 1.29 is 19.4 Å². The Morgan fingerprint density at radius 1 is 1.26 bits per heavy atom. The second kappa shape index (κ2) is 6.08. The lowest BCUT2D eigenvalue weighted by Crippen LogP contribution is -2.64. The van der Waals surface area contributed by atoms with E-state index in [1.807, 2.05) is 20.8 Å². The highest BCUT2D eigenvalue weighted by molar-refractivity contribution is 5.72. The van der Waals surface area contributed by atoms with Gasteiger partial charge in [0.15, 0.2) is 6.29 Å². The molecular formula is C18H31NO4. The minimum Gasteiger partial charge on any atom is -0.465 e. The van der Waals surface area contributed by atoms with Gasteiger partial charge in [-0.25, -0.2) is 4.79 Å². The molecule has 132 valence electrons. The van der Waals surface area contributed by atoms with Crippen LogP contribution < -0.4 is 0 Å². The molecule has 0 spiro atoms. The van der Waals surface area contributed by atoms with Crippen LogP contribution in [0.25, 0.3) is 0 Å². The summed E-state index contributed by atoms with van der Waals surface area (Å²) in [5.41, 5.74) is -2.23. The molecule has 0 bridgehead atoms. The molecule has 2 rings (SSSR count). The van der Waals surface area contributed by atoms with Crippen LogP contribution in [-0.2, 0) is 9.53 Å². The van der Waals surface area contributed by atoms with Gasteiger partial charge in [-0.05, 0) is 31.6 Å². The number of hydrogen-bond donors (Lipinski definition) is 1. The van der Waals surface area contributed by atoms with Gasteiger partial charge in [0.2, 0.25) is 0 Å². The lowest BCUT2D eigenvalue weighted by Gasteiger charge is -2.51. The third-order valence-corrected chi connectivity index (χ3v) is 5.76. The standard InChI is InChI=1S/C18H31NO4/c1-16(2,3)18(11-13-9-7-6-8-10-13)14(12-20)23-17(4,5)19(18)15(21)22/h12-14H,6-11H2,1-5H3,(H,21,22)/t14-,18+/m0/s1. The summed E-state index contributed by atoms with van der Waals surface area (Å²) in [5, 5.41) is 9.92. The SMILES string of the molecule is CC1(C)O[C@@H](C=O)[C@](CC2CCCCC2)(C(C)(C)C)N1C(=O)O. The van der Waals surface area contributed by atoms with Crippen molar-refractivity contribution in [3.63, 3.8) is 0 Å². The van der Waals surface area contributed by atoms with Crippen LogP contribution in [0.5, 0.6) is 0 Å². The first-order valence-electron chi connectivity index (χ1n) is 8.72. The van der Waals surface area contributed by atoms with E-state index in [1.54, 1.807) is 13.8 Å². The average molecular weight is 325 g/mol. The number of carboxylic acid groups (broad SMARTS) is 1. The molecule has 0 unspecified atom stereocenters. The topological polar surface area (TPSA) is 66.8 Å². The van der Waals surface area contributed by atoms with Gasteiger partial charge in [-0.15, -0.1) is 0 Å². The lowest BCUT2D eigenvalue weighted by molar-refractivity contribution is -0.125. The maximum Gasteiger partial charge on any atom is 0.410 e. The number of carbonyl (C=O) groups is 2. The number of hydrogen-bond acceptors (Lipinski definition) is 3. The first-order chi connectivity index (χ1) is 10.6. The molecule has 1 aliphatic heterocycles. The molecule has 5 heteroatoms. The van der Waals surface area contributed by atoms with Crippen molar-refractivity contribution in [2.75, 3.05) is 0 Å². The summed E-state index contributed by atoms with van der Waals surface area (Å²) in [5.74, 6) is 0.449. The Kier molecular flexibility index (Phi) is 4.82. The Balaban J connectivity index is 2.51. The molecule has 1 saturated heterocycles. The zero-order valence-electron chi connectivity index (χ0n) is 15.1. The lowest BCUT2D eigenvalue weighted by atomic mass is 9.63. The fraction of sp³-hybridized carbons (Fsp3) is 0.889. The zero-order valence-corrected chi connectivity index (χ0v) is 15.1. The number of rotatable bonds is 3. The van der Waals surface area contributed by atoms with Crippen molar-refractivity contribution in [1.29, 1.82) is 0 Å². The Hall–Kier alpha value is -1.10. The molecule has 1 N–H and O–H groups in total. The molecule has 23 heavy (non-hydrogen) atoms. The number of carbonyl (C=O) groups excluding carboxylic acids is 1. The average Bonchev–Trinajstić information content (AvgIpc) is 2.67. The molecule has 5 nitrogen and oxygen atoms in total. The van der Waals surface area contributed by atoms with E-state index in [0.29, 0.717) is 12.3 Å². The molecule has 1 amide bonds. The van der Waals surface area contributed by atoms with E-state index >= 15 is 0 Å².